The summed E-state index contributed by atoms with van der Waals surface area (Å²) in [5.41, 5.74) is 3.21. The molecule has 0 radical (unpaired) electrons. The Bertz CT molecular complexity index is 1350. The van der Waals surface area contributed by atoms with Gasteiger partial charge < -0.3 is 25.4 Å². The van der Waals surface area contributed by atoms with E-state index in [4.69, 9.17) is 4.74 Å². The number of hydrogen-bond acceptors (Lipinski definition) is 6. The van der Waals surface area contributed by atoms with E-state index in [0.29, 0.717) is 43.8 Å². The molecule has 0 aromatic heterocycles. The predicted octanol–water partition coefficient (Wildman–Crippen LogP) is 5.28. The molecule has 3 fully saturated rings. The minimum atomic E-state index is -0.860. The largest absolute Gasteiger partial charge is 0.457 e. The molecule has 46 heavy (non-hydrogen) atoms. The average molecular weight is 655 g/mol. The van der Waals surface area contributed by atoms with Crippen LogP contribution in [0.25, 0.3) is 0 Å². The maximum atomic E-state index is 13.9. The zero-order valence-electron chi connectivity index (χ0n) is 27.8. The zero-order valence-corrected chi connectivity index (χ0v) is 28.6. The van der Waals surface area contributed by atoms with Crippen LogP contribution in [0.5, 0.6) is 11.5 Å². The molecular formula is C36H51ClN4O5. The third-order valence-corrected chi connectivity index (χ3v) is 10.3. The first kappa shape index (κ1) is 35.7. The van der Waals surface area contributed by atoms with Gasteiger partial charge in [0.15, 0.2) is 0 Å². The lowest BCUT2D eigenvalue weighted by atomic mass is 9.77. The van der Waals surface area contributed by atoms with Gasteiger partial charge in [-0.05, 0) is 105 Å². The molecule has 2 aromatic rings. The van der Waals surface area contributed by atoms with Crippen LogP contribution in [0.1, 0.15) is 91.8 Å². The van der Waals surface area contributed by atoms with Crippen molar-refractivity contribution >= 4 is 30.1 Å². The number of piperidine rings is 1. The van der Waals surface area contributed by atoms with Gasteiger partial charge in [-0.15, -0.1) is 12.4 Å². The Morgan fingerprint density at radius 2 is 1.67 bits per heavy atom. The van der Waals surface area contributed by atoms with E-state index in [-0.39, 0.29) is 36.0 Å². The molecule has 9 nitrogen and oxygen atoms in total. The second-order valence-electron chi connectivity index (χ2n) is 13.2. The molecule has 2 atom stereocenters. The highest BCUT2D eigenvalue weighted by atomic mass is 35.5. The van der Waals surface area contributed by atoms with Crippen molar-refractivity contribution in [1.82, 2.24) is 20.4 Å². The summed E-state index contributed by atoms with van der Waals surface area (Å²) in [4.78, 5) is 43.8. The van der Waals surface area contributed by atoms with Gasteiger partial charge in [0.05, 0.1) is 6.10 Å². The van der Waals surface area contributed by atoms with Crippen molar-refractivity contribution in [3.8, 4) is 11.5 Å². The van der Waals surface area contributed by atoms with Crippen LogP contribution in [0.15, 0.2) is 36.4 Å². The normalized spacial score (nSPS) is 21.0. The van der Waals surface area contributed by atoms with E-state index in [1.807, 2.05) is 17.0 Å². The molecular weight excluding hydrogens is 604 g/mol. The predicted molar refractivity (Wildman–Crippen MR) is 181 cm³/mol. The van der Waals surface area contributed by atoms with Crippen molar-refractivity contribution in [1.29, 1.82) is 0 Å². The van der Waals surface area contributed by atoms with Crippen LogP contribution in [0.2, 0.25) is 0 Å². The van der Waals surface area contributed by atoms with Gasteiger partial charge in [-0.1, -0.05) is 32.6 Å². The van der Waals surface area contributed by atoms with E-state index in [1.165, 1.54) is 12.0 Å². The fourth-order valence-corrected chi connectivity index (χ4v) is 7.48. The Balaban J connectivity index is 0.00000480. The third-order valence-electron chi connectivity index (χ3n) is 10.3. The van der Waals surface area contributed by atoms with E-state index < -0.39 is 17.7 Å². The standard InChI is InChI=1S/C36H50N4O5.ClH/c1-5-6-18-40-34(43)31(32(41)26-10-8-7-9-11-26)38-35(44)36(40)16-19-39(20-17-36)23-30-24(2)21-29(22-25(30)3)45-28-14-12-27(13-15-28)33(42)37-4;/h12-15,21-22,26,31-32,41H,5-11,16-20,23H2,1-4H3,(H,37,42)(H,38,44);1H/t31-,32-;/m1./s1. The Kier molecular flexibility index (Phi) is 12.1. The highest BCUT2D eigenvalue weighted by Crippen LogP contribution is 2.37. The van der Waals surface area contributed by atoms with Gasteiger partial charge >= 0.3 is 0 Å². The molecule has 1 saturated carbocycles. The van der Waals surface area contributed by atoms with Gasteiger partial charge in [0.25, 0.3) is 5.91 Å². The lowest BCUT2D eigenvalue weighted by molar-refractivity contribution is -0.166. The highest BCUT2D eigenvalue weighted by Gasteiger charge is 2.55. The van der Waals surface area contributed by atoms with E-state index in [1.54, 1.807) is 31.3 Å². The van der Waals surface area contributed by atoms with Crippen LogP contribution in [0.4, 0.5) is 0 Å². The SMILES string of the molecule is CCCCN1C(=O)[C@@H]([C@H](O)C2CCCCC2)NC(=O)C12CCN(Cc1c(C)cc(Oc3ccc(C(=O)NC)cc3)cc1C)CC2.Cl. The summed E-state index contributed by atoms with van der Waals surface area (Å²) >= 11 is 0. The van der Waals surface area contributed by atoms with Gasteiger partial charge in [0.2, 0.25) is 11.8 Å². The molecule has 10 heteroatoms. The van der Waals surface area contributed by atoms with Crippen LogP contribution in [0.3, 0.4) is 0 Å². The number of aliphatic hydroxyl groups is 1. The number of benzene rings is 2. The molecule has 0 unspecified atom stereocenters. The number of likely N-dealkylation sites (tertiary alicyclic amines) is 1. The third kappa shape index (κ3) is 7.53. The van der Waals surface area contributed by atoms with Gasteiger partial charge in [0.1, 0.15) is 23.1 Å². The minimum absolute atomic E-state index is 0. The number of carbonyl (C=O) groups excluding carboxylic acids is 3. The number of carbonyl (C=O) groups is 3. The van der Waals surface area contributed by atoms with Gasteiger partial charge in [-0.25, -0.2) is 0 Å². The number of aliphatic hydroxyl groups excluding tert-OH is 1. The Morgan fingerprint density at radius 1 is 1.04 bits per heavy atom. The number of halogens is 1. The number of nitrogens with one attached hydrogen (secondary N) is 2. The first-order valence-electron chi connectivity index (χ1n) is 16.8. The summed E-state index contributed by atoms with van der Waals surface area (Å²) in [6.07, 6.45) is 7.22. The smallest absolute Gasteiger partial charge is 0.251 e. The second-order valence-corrected chi connectivity index (χ2v) is 13.2. The molecule has 2 aromatic carbocycles. The summed E-state index contributed by atoms with van der Waals surface area (Å²) in [5, 5.41) is 16.9. The van der Waals surface area contributed by atoms with E-state index in [2.05, 4.69) is 36.3 Å². The van der Waals surface area contributed by atoms with E-state index in [9.17, 15) is 19.5 Å². The Hall–Kier alpha value is -3.14. The second kappa shape index (κ2) is 15.6. The minimum Gasteiger partial charge on any atom is -0.457 e. The van der Waals surface area contributed by atoms with Crippen molar-refractivity contribution < 1.29 is 24.2 Å². The molecule has 2 heterocycles. The van der Waals surface area contributed by atoms with Crippen molar-refractivity contribution in [3.05, 3.63) is 58.7 Å². The molecule has 3 aliphatic rings. The molecule has 5 rings (SSSR count). The summed E-state index contributed by atoms with van der Waals surface area (Å²) < 4.78 is 6.11. The lowest BCUT2D eigenvalue weighted by Gasteiger charge is -2.52. The summed E-state index contributed by atoms with van der Waals surface area (Å²) in [6.45, 7) is 8.98. The van der Waals surface area contributed by atoms with Gasteiger partial charge in [-0.3, -0.25) is 19.3 Å². The first-order chi connectivity index (χ1) is 21.7. The number of hydrogen-bond donors (Lipinski definition) is 3. The van der Waals surface area contributed by atoms with Crippen molar-refractivity contribution in [2.24, 2.45) is 5.92 Å². The van der Waals surface area contributed by atoms with Crippen LogP contribution in [0, 0.1) is 19.8 Å². The molecule has 0 bridgehead atoms. The molecule has 2 aliphatic heterocycles. The number of nitrogens with zero attached hydrogens (tertiary/aromatic N) is 2. The van der Waals surface area contributed by atoms with Crippen LogP contribution in [-0.4, -0.2) is 77.0 Å². The van der Waals surface area contributed by atoms with Crippen molar-refractivity contribution in [2.75, 3.05) is 26.7 Å². The van der Waals surface area contributed by atoms with Gasteiger partial charge in [-0.2, -0.15) is 0 Å². The number of ether oxygens (including phenoxy) is 1. The van der Waals surface area contributed by atoms with Crippen molar-refractivity contribution in [3.63, 3.8) is 0 Å². The van der Waals surface area contributed by atoms with E-state index in [0.717, 1.165) is 61.9 Å². The lowest BCUT2D eigenvalue weighted by Crippen LogP contribution is -2.75. The monoisotopic (exact) mass is 654 g/mol. The number of piperazine rings is 1. The Labute approximate surface area is 279 Å². The molecule has 2 saturated heterocycles. The molecule has 252 valence electrons. The fraction of sp³-hybridized carbons (Fsp3) is 0.583. The average Bonchev–Trinajstić information content (AvgIpc) is 3.05. The number of rotatable bonds is 10. The number of aryl methyl sites for hydroxylation is 2. The van der Waals surface area contributed by atoms with Crippen LogP contribution >= 0.6 is 12.4 Å². The van der Waals surface area contributed by atoms with Gasteiger partial charge in [0, 0.05) is 38.8 Å². The molecule has 1 spiro atoms. The number of amides is 3. The molecule has 3 amide bonds. The fourth-order valence-electron chi connectivity index (χ4n) is 7.48. The summed E-state index contributed by atoms with van der Waals surface area (Å²) in [7, 11) is 1.61. The summed E-state index contributed by atoms with van der Waals surface area (Å²) in [5.74, 6) is 1.12. The summed E-state index contributed by atoms with van der Waals surface area (Å²) in [6, 6.07) is 10.3. The quantitative estimate of drug-likeness (QED) is 0.322. The first-order valence-corrected chi connectivity index (χ1v) is 16.8. The number of unbranched alkanes of at least 4 members (excludes halogenated alkanes) is 1. The topological polar surface area (TPSA) is 111 Å². The Morgan fingerprint density at radius 3 is 2.26 bits per heavy atom. The van der Waals surface area contributed by atoms with Crippen LogP contribution < -0.4 is 15.4 Å². The van der Waals surface area contributed by atoms with Crippen molar-refractivity contribution in [2.45, 2.75) is 103 Å². The molecule has 1 aliphatic carbocycles. The highest BCUT2D eigenvalue weighted by molar-refractivity contribution is 6.00. The van der Waals surface area contributed by atoms with E-state index >= 15 is 0 Å². The zero-order chi connectivity index (χ0) is 32.1. The maximum Gasteiger partial charge on any atom is 0.251 e. The van der Waals surface area contributed by atoms with Crippen LogP contribution in [-0.2, 0) is 16.1 Å². The molecule has 3 N–H and O–H groups in total. The maximum absolute atomic E-state index is 13.9.